The first-order chi connectivity index (χ1) is 19.5. The van der Waals surface area contributed by atoms with Gasteiger partial charge in [0.1, 0.15) is 11.5 Å². The van der Waals surface area contributed by atoms with E-state index in [1.54, 1.807) is 0 Å². The van der Waals surface area contributed by atoms with E-state index in [2.05, 4.69) is 74.0 Å². The second-order valence-electron chi connectivity index (χ2n) is 11.0. The number of carbonyl (C=O) groups excluding carboxylic acids is 1. The molecule has 7 rings (SSSR count). The maximum Gasteiger partial charge on any atom is 0.254 e. The van der Waals surface area contributed by atoms with E-state index in [1.807, 2.05) is 31.4 Å². The third-order valence-electron chi connectivity index (χ3n) is 8.16. The number of carbonyl (C=O) groups is 1. The number of aromatic nitrogens is 4. The third kappa shape index (κ3) is 4.13. The summed E-state index contributed by atoms with van der Waals surface area (Å²) in [6.45, 7) is 2.81. The zero-order chi connectivity index (χ0) is 27.4. The number of rotatable bonds is 6. The Morgan fingerprint density at radius 2 is 1.93 bits per heavy atom. The minimum atomic E-state index is -0.0784. The fraction of sp³-hybridized carbons (Fsp3) is 0.323. The van der Waals surface area contributed by atoms with Crippen LogP contribution in [0.25, 0.3) is 27.9 Å². The molecular weight excluding hydrogens is 502 g/mol. The summed E-state index contributed by atoms with van der Waals surface area (Å²) >= 11 is 0. The lowest BCUT2D eigenvalue weighted by atomic mass is 9.90. The molecule has 9 nitrogen and oxygen atoms in total. The number of anilines is 2. The summed E-state index contributed by atoms with van der Waals surface area (Å²) in [5, 5.41) is 6.52. The predicted molar refractivity (Wildman–Crippen MR) is 156 cm³/mol. The van der Waals surface area contributed by atoms with Crippen molar-refractivity contribution < 1.29 is 9.53 Å². The van der Waals surface area contributed by atoms with Crippen LogP contribution < -0.4 is 10.6 Å². The summed E-state index contributed by atoms with van der Waals surface area (Å²) in [6.07, 6.45) is 5.99. The van der Waals surface area contributed by atoms with Crippen LogP contribution in [0.4, 0.5) is 11.5 Å². The molecule has 4 aromatic heterocycles. The Morgan fingerprint density at radius 1 is 1.07 bits per heavy atom. The number of pyridine rings is 2. The number of nitrogens with one attached hydrogen (secondary N) is 2. The highest BCUT2D eigenvalue weighted by Gasteiger charge is 2.28. The minimum absolute atomic E-state index is 0.0784. The molecule has 0 saturated carbocycles. The van der Waals surface area contributed by atoms with E-state index in [0.29, 0.717) is 18.0 Å². The number of amides is 1. The molecule has 9 heteroatoms. The van der Waals surface area contributed by atoms with Crippen LogP contribution >= 0.6 is 0 Å². The van der Waals surface area contributed by atoms with E-state index in [-0.39, 0.29) is 5.91 Å². The van der Waals surface area contributed by atoms with Gasteiger partial charge in [-0.25, -0.2) is 9.97 Å². The lowest BCUT2D eigenvalue weighted by Crippen LogP contribution is -2.19. The second-order valence-corrected chi connectivity index (χ2v) is 11.0. The van der Waals surface area contributed by atoms with Gasteiger partial charge in [-0.15, -0.1) is 0 Å². The van der Waals surface area contributed by atoms with Gasteiger partial charge < -0.3 is 24.8 Å². The lowest BCUT2D eigenvalue weighted by molar-refractivity contribution is 0.0849. The van der Waals surface area contributed by atoms with Gasteiger partial charge in [0.2, 0.25) is 0 Å². The number of imidazole rings is 1. The molecule has 0 atom stereocenters. The molecule has 2 aliphatic heterocycles. The van der Waals surface area contributed by atoms with Gasteiger partial charge in [0.15, 0.2) is 0 Å². The molecule has 0 bridgehead atoms. The maximum atomic E-state index is 13.1. The number of hydrogen-bond acceptors (Lipinski definition) is 6. The van der Waals surface area contributed by atoms with Gasteiger partial charge in [-0.2, -0.15) is 0 Å². The summed E-state index contributed by atoms with van der Waals surface area (Å²) in [4.78, 5) is 25.0. The molecule has 40 heavy (non-hydrogen) atoms. The smallest absolute Gasteiger partial charge is 0.254 e. The van der Waals surface area contributed by atoms with Crippen molar-refractivity contribution in [2.24, 2.45) is 7.05 Å². The molecular formula is C31H33N7O2. The quantitative estimate of drug-likeness (QED) is 0.324. The number of ether oxygens (including phenoxy) is 1. The molecule has 6 heterocycles. The summed E-state index contributed by atoms with van der Waals surface area (Å²) in [5.41, 5.74) is 9.81. The van der Waals surface area contributed by atoms with E-state index < -0.39 is 0 Å². The second kappa shape index (κ2) is 9.76. The van der Waals surface area contributed by atoms with E-state index >= 15 is 0 Å². The Labute approximate surface area is 232 Å². The Kier molecular flexibility index (Phi) is 6.05. The summed E-state index contributed by atoms with van der Waals surface area (Å²) in [5.74, 6) is 1.12. The van der Waals surface area contributed by atoms with Crippen molar-refractivity contribution in [2.45, 2.75) is 31.8 Å². The highest BCUT2D eigenvalue weighted by atomic mass is 16.5. The molecule has 0 unspecified atom stereocenters. The SMILES string of the molecule is CN(C)Cc1nc(Nc2ccc(-c3cnc4ccc5c(ccn5C)n34)c3c2C(=O)NC3)ccc1C1CCOCC1. The van der Waals surface area contributed by atoms with Crippen LogP contribution in [0.3, 0.4) is 0 Å². The third-order valence-corrected chi connectivity index (χ3v) is 8.16. The Bertz CT molecular complexity index is 1760. The van der Waals surface area contributed by atoms with Crippen LogP contribution in [0, 0.1) is 0 Å². The molecule has 5 aromatic rings. The normalized spacial score (nSPS) is 15.8. The Morgan fingerprint density at radius 3 is 2.75 bits per heavy atom. The number of nitrogens with zero attached hydrogens (tertiary/aromatic N) is 5. The largest absolute Gasteiger partial charge is 0.381 e. The van der Waals surface area contributed by atoms with Gasteiger partial charge in [0.25, 0.3) is 5.91 Å². The first-order valence-electron chi connectivity index (χ1n) is 13.8. The maximum absolute atomic E-state index is 13.1. The van der Waals surface area contributed by atoms with E-state index in [0.717, 1.165) is 83.3 Å². The molecule has 0 aliphatic carbocycles. The number of benzene rings is 1. The first kappa shape index (κ1) is 24.8. The van der Waals surface area contributed by atoms with Crippen LogP contribution in [-0.4, -0.2) is 57.1 Å². The molecule has 1 amide bonds. The van der Waals surface area contributed by atoms with Crippen molar-refractivity contribution in [2.75, 3.05) is 32.6 Å². The van der Waals surface area contributed by atoms with Crippen molar-refractivity contribution in [1.82, 2.24) is 29.2 Å². The van der Waals surface area contributed by atoms with Crippen molar-refractivity contribution in [1.29, 1.82) is 0 Å². The number of hydrogen-bond donors (Lipinski definition) is 2. The first-order valence-corrected chi connectivity index (χ1v) is 13.8. The van der Waals surface area contributed by atoms with Crippen LogP contribution in [-0.2, 0) is 24.9 Å². The average Bonchev–Trinajstić information content (AvgIpc) is 3.66. The van der Waals surface area contributed by atoms with E-state index in [9.17, 15) is 4.79 Å². The average molecular weight is 536 g/mol. The lowest BCUT2D eigenvalue weighted by Gasteiger charge is -2.25. The Balaban J connectivity index is 1.29. The van der Waals surface area contributed by atoms with Gasteiger partial charge in [0.05, 0.1) is 39.9 Å². The van der Waals surface area contributed by atoms with Gasteiger partial charge >= 0.3 is 0 Å². The predicted octanol–water partition coefficient (Wildman–Crippen LogP) is 4.83. The van der Waals surface area contributed by atoms with Gasteiger partial charge in [0, 0.05) is 45.1 Å². The zero-order valence-corrected chi connectivity index (χ0v) is 23.1. The zero-order valence-electron chi connectivity index (χ0n) is 23.1. The van der Waals surface area contributed by atoms with Crippen LogP contribution in [0.2, 0.25) is 0 Å². The fourth-order valence-electron chi connectivity index (χ4n) is 6.22. The highest BCUT2D eigenvalue weighted by molar-refractivity contribution is 6.06. The van der Waals surface area contributed by atoms with E-state index in [4.69, 9.17) is 9.72 Å². The standard InChI is InChI=1S/C31H33N7O2/c1-36(2)18-24-20(19-11-14-40-15-12-19)5-8-28(35-24)34-23-6-4-21(22-16-33-31(39)30(22)23)27-17-32-29-9-7-25-26(38(27)29)10-13-37(25)3/h4-10,13,17,19H,11-12,14-16,18H2,1-3H3,(H,33,39)(H,34,35). The summed E-state index contributed by atoms with van der Waals surface area (Å²) < 4.78 is 9.87. The molecule has 1 aromatic carbocycles. The van der Waals surface area contributed by atoms with Gasteiger partial charge in [-0.05, 0) is 74.3 Å². The van der Waals surface area contributed by atoms with E-state index in [1.165, 1.54) is 5.56 Å². The fourth-order valence-corrected chi connectivity index (χ4v) is 6.22. The van der Waals surface area contributed by atoms with Crippen molar-refractivity contribution in [3.05, 3.63) is 77.2 Å². The monoisotopic (exact) mass is 535 g/mol. The van der Waals surface area contributed by atoms with Crippen LogP contribution in [0.15, 0.2) is 54.9 Å². The number of aryl methyl sites for hydroxylation is 1. The van der Waals surface area contributed by atoms with Gasteiger partial charge in [-0.3, -0.25) is 9.20 Å². The topological polar surface area (TPSA) is 88.7 Å². The van der Waals surface area contributed by atoms with Crippen molar-refractivity contribution in [3.63, 3.8) is 0 Å². The van der Waals surface area contributed by atoms with Crippen molar-refractivity contribution >= 4 is 34.1 Å². The molecule has 204 valence electrons. The van der Waals surface area contributed by atoms with Gasteiger partial charge in [-0.1, -0.05) is 12.1 Å². The summed E-state index contributed by atoms with van der Waals surface area (Å²) in [7, 11) is 6.17. The molecule has 0 radical (unpaired) electrons. The van der Waals surface area contributed by atoms with Crippen LogP contribution in [0.1, 0.15) is 45.9 Å². The Hall–Kier alpha value is -4.21. The molecule has 0 spiro atoms. The number of fused-ring (bicyclic) bond motifs is 4. The summed E-state index contributed by atoms with van der Waals surface area (Å²) in [6, 6.07) is 14.5. The van der Waals surface area contributed by atoms with Crippen molar-refractivity contribution in [3.8, 4) is 11.3 Å². The highest BCUT2D eigenvalue weighted by Crippen LogP contribution is 2.37. The molecule has 2 N–H and O–H groups in total. The van der Waals surface area contributed by atoms with Crippen LogP contribution in [0.5, 0.6) is 0 Å². The minimum Gasteiger partial charge on any atom is -0.381 e. The molecule has 1 fully saturated rings. The molecule has 1 saturated heterocycles. The molecule has 2 aliphatic rings.